The van der Waals surface area contributed by atoms with Gasteiger partial charge >= 0.3 is 7.82 Å². The predicted molar refractivity (Wildman–Crippen MR) is 115 cm³/mol. The lowest BCUT2D eigenvalue weighted by molar-refractivity contribution is 0.275. The van der Waals surface area contributed by atoms with Gasteiger partial charge in [0.1, 0.15) is 0 Å². The van der Waals surface area contributed by atoms with Gasteiger partial charge in [-0.3, -0.25) is 0 Å². The van der Waals surface area contributed by atoms with E-state index >= 15 is 0 Å². The van der Waals surface area contributed by atoms with E-state index in [1.54, 1.807) is 0 Å². The first-order chi connectivity index (χ1) is 12.7. The highest BCUT2D eigenvalue weighted by Crippen LogP contribution is 2.25. The smallest absolute Gasteiger partial charge is 0.303 e. The average Bonchev–Trinajstić information content (AvgIpc) is 2.61. The summed E-state index contributed by atoms with van der Waals surface area (Å²) >= 11 is 0. The number of phosphoric acid groups is 1. The van der Waals surface area contributed by atoms with Crippen molar-refractivity contribution in [1.82, 2.24) is 0 Å². The van der Waals surface area contributed by atoms with Crippen LogP contribution in [-0.2, 0) is 4.57 Å². The summed E-state index contributed by atoms with van der Waals surface area (Å²) in [5.41, 5.74) is 4.18. The standard InChI is InChI=1S/C12H11P.C9H12.H3O4P/c1-3-7-11(8-4-1)13-12-9-5-2-6-10-12;1-7-5-4-6-8(2)9(7)3;1-5(2,3)4/h1-10,13H;4-6H,1-3H3;(H3,1,2,3,4). The molecule has 0 atom stereocenters. The Labute approximate surface area is 162 Å². The molecule has 0 aliphatic carbocycles. The molecule has 3 rings (SSSR count). The van der Waals surface area contributed by atoms with Crippen LogP contribution in [-0.4, -0.2) is 14.7 Å². The lowest BCUT2D eigenvalue weighted by atomic mass is 10.1. The Balaban J connectivity index is 0.000000227. The van der Waals surface area contributed by atoms with Crippen LogP contribution in [0.1, 0.15) is 16.7 Å². The zero-order valence-electron chi connectivity index (χ0n) is 15.7. The fraction of sp³-hybridized carbons (Fsp3) is 0.143. The van der Waals surface area contributed by atoms with E-state index < -0.39 is 7.82 Å². The molecule has 0 heterocycles. The topological polar surface area (TPSA) is 77.8 Å². The van der Waals surface area contributed by atoms with Crippen molar-refractivity contribution in [2.24, 2.45) is 0 Å². The van der Waals surface area contributed by atoms with Gasteiger partial charge in [0.25, 0.3) is 0 Å². The molecule has 27 heavy (non-hydrogen) atoms. The van der Waals surface area contributed by atoms with Gasteiger partial charge in [-0.1, -0.05) is 87.4 Å². The van der Waals surface area contributed by atoms with Crippen LogP contribution in [0, 0.1) is 20.8 Å². The molecule has 3 aromatic rings. The third-order valence-corrected chi connectivity index (χ3v) is 4.96. The van der Waals surface area contributed by atoms with Crippen molar-refractivity contribution in [1.29, 1.82) is 0 Å². The van der Waals surface area contributed by atoms with Crippen molar-refractivity contribution >= 4 is 27.0 Å². The first kappa shape index (κ1) is 23.2. The third-order valence-electron chi connectivity index (χ3n) is 3.71. The Morgan fingerprint density at radius 3 is 1.26 bits per heavy atom. The van der Waals surface area contributed by atoms with Crippen LogP contribution in [0.15, 0.2) is 78.9 Å². The molecule has 0 saturated heterocycles. The van der Waals surface area contributed by atoms with Crippen LogP contribution in [0.4, 0.5) is 0 Å². The summed E-state index contributed by atoms with van der Waals surface area (Å²) in [7, 11) is -3.86. The van der Waals surface area contributed by atoms with Crippen molar-refractivity contribution in [3.63, 3.8) is 0 Å². The molecule has 0 spiro atoms. The Bertz CT molecular complexity index is 781. The summed E-state index contributed by atoms with van der Waals surface area (Å²) in [5.74, 6) is 0. The maximum atomic E-state index is 8.88. The molecule has 0 radical (unpaired) electrons. The molecular formula is C21H26O4P2. The minimum Gasteiger partial charge on any atom is -0.303 e. The molecule has 0 amide bonds. The molecule has 0 unspecified atom stereocenters. The number of rotatable bonds is 2. The molecule has 3 aromatic carbocycles. The molecule has 0 fully saturated rings. The van der Waals surface area contributed by atoms with Crippen LogP contribution in [0.5, 0.6) is 0 Å². The molecule has 0 bridgehead atoms. The minimum absolute atomic E-state index is 0.777. The van der Waals surface area contributed by atoms with E-state index in [4.69, 9.17) is 19.2 Å². The van der Waals surface area contributed by atoms with Gasteiger partial charge < -0.3 is 14.7 Å². The van der Waals surface area contributed by atoms with E-state index in [-0.39, 0.29) is 0 Å². The second-order valence-electron chi connectivity index (χ2n) is 5.89. The molecule has 0 aliphatic heterocycles. The zero-order valence-corrected chi connectivity index (χ0v) is 17.6. The van der Waals surface area contributed by atoms with Gasteiger partial charge in [-0.25, -0.2) is 4.57 Å². The van der Waals surface area contributed by atoms with Crippen molar-refractivity contribution in [3.8, 4) is 0 Å². The average molecular weight is 404 g/mol. The zero-order chi connectivity index (χ0) is 20.3. The SMILES string of the molecule is Cc1cccc(C)c1C.O=P(O)(O)O.c1ccc(Pc2ccccc2)cc1. The van der Waals surface area contributed by atoms with Crippen LogP contribution < -0.4 is 10.6 Å². The molecule has 0 aromatic heterocycles. The van der Waals surface area contributed by atoms with E-state index in [0.29, 0.717) is 0 Å². The van der Waals surface area contributed by atoms with Gasteiger partial charge in [0.15, 0.2) is 0 Å². The normalized spacial score (nSPS) is 10.1. The summed E-state index contributed by atoms with van der Waals surface area (Å²) in [6.07, 6.45) is 0. The Kier molecular flexibility index (Phi) is 10.2. The second kappa shape index (κ2) is 11.8. The number of hydrogen-bond acceptors (Lipinski definition) is 1. The summed E-state index contributed by atoms with van der Waals surface area (Å²) in [6.45, 7) is 6.44. The summed E-state index contributed by atoms with van der Waals surface area (Å²) in [4.78, 5) is 21.6. The van der Waals surface area contributed by atoms with E-state index in [9.17, 15) is 0 Å². The van der Waals surface area contributed by atoms with Gasteiger partial charge in [0, 0.05) is 0 Å². The third kappa shape index (κ3) is 11.5. The fourth-order valence-corrected chi connectivity index (χ4v) is 3.16. The number of benzene rings is 3. The van der Waals surface area contributed by atoms with E-state index in [0.717, 1.165) is 8.58 Å². The molecule has 144 valence electrons. The molecule has 6 heteroatoms. The Morgan fingerprint density at radius 1 is 0.630 bits per heavy atom. The van der Waals surface area contributed by atoms with Gasteiger partial charge in [-0.15, -0.1) is 0 Å². The molecule has 4 nitrogen and oxygen atoms in total. The van der Waals surface area contributed by atoms with E-state index in [2.05, 4.69) is 99.6 Å². The minimum atomic E-state index is -4.64. The highest BCUT2D eigenvalue weighted by Gasteiger charge is 2.00. The summed E-state index contributed by atoms with van der Waals surface area (Å²) in [6, 6.07) is 27.5. The quantitative estimate of drug-likeness (QED) is 0.565. The van der Waals surface area contributed by atoms with Crippen LogP contribution in [0.2, 0.25) is 0 Å². The number of aryl methyl sites for hydroxylation is 2. The highest BCUT2D eigenvalue weighted by atomic mass is 31.2. The largest absolute Gasteiger partial charge is 0.466 e. The van der Waals surface area contributed by atoms with E-state index in [1.807, 2.05) is 0 Å². The second-order valence-corrected chi connectivity index (χ2v) is 8.32. The van der Waals surface area contributed by atoms with Gasteiger partial charge in [0.2, 0.25) is 0 Å². The van der Waals surface area contributed by atoms with E-state index in [1.165, 1.54) is 27.3 Å². The lowest BCUT2D eigenvalue weighted by Gasteiger charge is -2.00. The fourth-order valence-electron chi connectivity index (χ4n) is 2.11. The lowest BCUT2D eigenvalue weighted by Crippen LogP contribution is -2.01. The first-order valence-corrected chi connectivity index (χ1v) is 10.9. The predicted octanol–water partition coefficient (Wildman–Crippen LogP) is 4.00. The Hall–Kier alpha value is -1.80. The van der Waals surface area contributed by atoms with Gasteiger partial charge in [0.05, 0.1) is 0 Å². The molecule has 3 N–H and O–H groups in total. The maximum absolute atomic E-state index is 8.88. The highest BCUT2D eigenvalue weighted by molar-refractivity contribution is 7.55. The van der Waals surface area contributed by atoms with Gasteiger partial charge in [-0.2, -0.15) is 0 Å². The van der Waals surface area contributed by atoms with Crippen LogP contribution in [0.3, 0.4) is 0 Å². The molecular weight excluding hydrogens is 378 g/mol. The monoisotopic (exact) mass is 404 g/mol. The summed E-state index contributed by atoms with van der Waals surface area (Å²) < 4.78 is 8.88. The Morgan fingerprint density at radius 2 is 0.963 bits per heavy atom. The van der Waals surface area contributed by atoms with Crippen molar-refractivity contribution in [3.05, 3.63) is 95.6 Å². The first-order valence-electron chi connectivity index (χ1n) is 8.35. The van der Waals surface area contributed by atoms with Crippen LogP contribution in [0.25, 0.3) is 0 Å². The number of hydrogen-bond donors (Lipinski definition) is 3. The van der Waals surface area contributed by atoms with Crippen molar-refractivity contribution in [2.45, 2.75) is 20.8 Å². The maximum Gasteiger partial charge on any atom is 0.466 e. The van der Waals surface area contributed by atoms with Crippen molar-refractivity contribution in [2.75, 3.05) is 0 Å². The van der Waals surface area contributed by atoms with Gasteiger partial charge in [-0.05, 0) is 48.1 Å². The molecule has 0 saturated carbocycles. The van der Waals surface area contributed by atoms with Crippen LogP contribution >= 0.6 is 16.4 Å². The summed E-state index contributed by atoms with van der Waals surface area (Å²) in [5, 5.41) is 2.79. The molecule has 0 aliphatic rings. The van der Waals surface area contributed by atoms with Crippen molar-refractivity contribution < 1.29 is 19.2 Å².